The van der Waals surface area contributed by atoms with Gasteiger partial charge in [-0.2, -0.15) is 0 Å². The van der Waals surface area contributed by atoms with E-state index >= 15 is 0 Å². The van der Waals surface area contributed by atoms with E-state index in [0.29, 0.717) is 120 Å². The summed E-state index contributed by atoms with van der Waals surface area (Å²) in [5, 5.41) is 14.6. The highest BCUT2D eigenvalue weighted by molar-refractivity contribution is 8.00. The minimum atomic E-state index is -0.644. The van der Waals surface area contributed by atoms with Gasteiger partial charge in [-0.05, 0) is 44.0 Å². The number of nitrogens with one attached hydrogen (secondary N) is 5. The lowest BCUT2D eigenvalue weighted by atomic mass is 9.94. The Morgan fingerprint density at radius 2 is 1.65 bits per heavy atom. The minimum absolute atomic E-state index is 0.0460. The number of oxazole rings is 1. The summed E-state index contributed by atoms with van der Waals surface area (Å²) in [5.41, 5.74) is 0.729. The van der Waals surface area contributed by atoms with Crippen LogP contribution in [0.4, 0.5) is 5.13 Å². The molecule has 0 spiro atoms. The number of anilines is 1. The Bertz CT molecular complexity index is 2040. The second-order valence-corrected chi connectivity index (χ2v) is 19.7. The van der Waals surface area contributed by atoms with Crippen LogP contribution in [0.2, 0.25) is 0 Å². The molecular formula is C41H57N9O10S3. The lowest BCUT2D eigenvalue weighted by Crippen LogP contribution is -2.52. The fourth-order valence-corrected chi connectivity index (χ4v) is 9.74. The van der Waals surface area contributed by atoms with Crippen molar-refractivity contribution < 1.29 is 47.4 Å². The fraction of sp³-hybridized carbons (Fsp3) is 0.610. The van der Waals surface area contributed by atoms with Crippen molar-refractivity contribution in [2.45, 2.75) is 81.0 Å². The van der Waals surface area contributed by atoms with Crippen LogP contribution in [0, 0.1) is 5.92 Å². The van der Waals surface area contributed by atoms with E-state index in [1.807, 2.05) is 6.07 Å². The Kier molecular flexibility index (Phi) is 18.0. The van der Waals surface area contributed by atoms with Crippen molar-refractivity contribution in [1.82, 2.24) is 41.0 Å². The molecule has 6 heterocycles. The van der Waals surface area contributed by atoms with Gasteiger partial charge >= 0.3 is 0 Å². The third-order valence-corrected chi connectivity index (χ3v) is 13.7. The van der Waals surface area contributed by atoms with Gasteiger partial charge in [0.2, 0.25) is 35.4 Å². The zero-order chi connectivity index (χ0) is 44.8. The summed E-state index contributed by atoms with van der Waals surface area (Å²) in [5.74, 6) is 0.662. The van der Waals surface area contributed by atoms with Crippen molar-refractivity contribution in [3.63, 3.8) is 0 Å². The quantitative estimate of drug-likeness (QED) is 0.0493. The molecule has 2 saturated heterocycles. The van der Waals surface area contributed by atoms with Crippen molar-refractivity contribution in [2.24, 2.45) is 5.92 Å². The lowest BCUT2D eigenvalue weighted by molar-refractivity contribution is -0.137. The number of hydrogen-bond donors (Lipinski definition) is 5. The molecule has 0 bridgehead atoms. The van der Waals surface area contributed by atoms with Crippen LogP contribution in [0.1, 0.15) is 78.2 Å². The summed E-state index contributed by atoms with van der Waals surface area (Å²) in [6.45, 7) is 11.8. The molecule has 63 heavy (non-hydrogen) atoms. The Balaban J connectivity index is 0.698. The highest BCUT2D eigenvalue weighted by atomic mass is 32.2. The first-order chi connectivity index (χ1) is 30.3. The first-order valence-corrected chi connectivity index (χ1v) is 23.7. The molecule has 3 aromatic rings. The van der Waals surface area contributed by atoms with Crippen molar-refractivity contribution in [1.29, 1.82) is 0 Å². The molecule has 0 radical (unpaired) electrons. The monoisotopic (exact) mass is 931 g/mol. The number of hydrogen-bond acceptors (Lipinski definition) is 17. The van der Waals surface area contributed by atoms with Gasteiger partial charge in [0.05, 0.1) is 86.5 Å². The molecule has 6 amide bonds. The molecule has 22 heteroatoms. The van der Waals surface area contributed by atoms with Gasteiger partial charge in [0.1, 0.15) is 11.8 Å². The second kappa shape index (κ2) is 23.6. The summed E-state index contributed by atoms with van der Waals surface area (Å²) in [6.07, 6.45) is 5.39. The number of piperidine rings is 2. The number of thioether (sulfide) groups is 1. The van der Waals surface area contributed by atoms with Gasteiger partial charge < -0.3 is 44.8 Å². The van der Waals surface area contributed by atoms with E-state index in [1.54, 1.807) is 24.2 Å². The zero-order valence-corrected chi connectivity index (χ0v) is 38.4. The van der Waals surface area contributed by atoms with Crippen LogP contribution in [0.15, 0.2) is 27.1 Å². The van der Waals surface area contributed by atoms with Gasteiger partial charge in [-0.25, -0.2) is 9.97 Å². The van der Waals surface area contributed by atoms with E-state index in [2.05, 4.69) is 62.2 Å². The number of likely N-dealkylation sites (tertiary alicyclic amines) is 1. The molecule has 6 rings (SSSR count). The molecule has 3 aromatic heterocycles. The van der Waals surface area contributed by atoms with E-state index in [9.17, 15) is 28.8 Å². The molecule has 344 valence electrons. The first-order valence-electron chi connectivity index (χ1n) is 21.1. The average molecular weight is 932 g/mol. The van der Waals surface area contributed by atoms with Crippen LogP contribution in [0.25, 0.3) is 0 Å². The molecular weight excluding hydrogens is 875 g/mol. The Hall–Kier alpha value is -4.29. The normalized spacial score (nSPS) is 17.2. The van der Waals surface area contributed by atoms with E-state index in [1.165, 1.54) is 27.6 Å². The van der Waals surface area contributed by atoms with Gasteiger partial charge in [0, 0.05) is 42.3 Å². The fourth-order valence-electron chi connectivity index (χ4n) is 6.95. The summed E-state index contributed by atoms with van der Waals surface area (Å²) in [4.78, 5) is 88.0. The third-order valence-electron chi connectivity index (χ3n) is 10.4. The molecule has 3 aliphatic heterocycles. The number of imide groups is 1. The number of carbonyl (C=O) groups is 6. The standard InChI is InChI=1S/C41H57N9O10S3/c1-41(2,3)30-20-45-34(60-30)25-61-35-22-46-40(63-35)48-37(54)26-6-10-49(11-7-26)24-33(53)43-9-13-58-15-17-59-16-14-57-12-8-42-21-32(52)44-19-28-18-27-23-50(39(56)36(27)62-28)29-4-5-31(51)47-38(29)55/h18,20,22,26,29,42H,4-17,19,21,23-25H2,1-3H3,(H,43,53)(H,44,52)(H,46,48,54)(H,47,51,55). The molecule has 0 aromatic carbocycles. The van der Waals surface area contributed by atoms with Crippen LogP contribution in [0.5, 0.6) is 0 Å². The number of thiazole rings is 1. The van der Waals surface area contributed by atoms with Gasteiger partial charge in [0.15, 0.2) is 5.13 Å². The number of aromatic nitrogens is 2. The van der Waals surface area contributed by atoms with Crippen LogP contribution in [-0.2, 0) is 62.4 Å². The molecule has 2 fully saturated rings. The SMILES string of the molecule is CC(C)(C)c1cnc(CSc2cnc(NC(=O)C3CCN(CC(=O)NCCOCCOCCOCCNCC(=O)NCc4cc5c(s4)C(=O)N(C4CCC(=O)NC4=O)C5)CC3)s2)o1. The Labute approximate surface area is 378 Å². The zero-order valence-electron chi connectivity index (χ0n) is 35.9. The van der Waals surface area contributed by atoms with Crippen LogP contribution in [0.3, 0.4) is 0 Å². The summed E-state index contributed by atoms with van der Waals surface area (Å²) < 4.78 is 23.5. The number of rotatable bonds is 24. The molecule has 3 aliphatic rings. The van der Waals surface area contributed by atoms with Crippen molar-refractivity contribution >= 4 is 75.0 Å². The molecule has 0 saturated carbocycles. The smallest absolute Gasteiger partial charge is 0.265 e. The number of amides is 6. The molecule has 19 nitrogen and oxygen atoms in total. The van der Waals surface area contributed by atoms with E-state index in [-0.39, 0.29) is 60.4 Å². The minimum Gasteiger partial charge on any atom is -0.444 e. The van der Waals surface area contributed by atoms with Gasteiger partial charge in [-0.3, -0.25) is 39.0 Å². The van der Waals surface area contributed by atoms with Gasteiger partial charge in [-0.15, -0.1) is 23.1 Å². The highest BCUT2D eigenvalue weighted by Crippen LogP contribution is 2.34. The van der Waals surface area contributed by atoms with Gasteiger partial charge in [0.25, 0.3) is 5.91 Å². The molecule has 5 N–H and O–H groups in total. The van der Waals surface area contributed by atoms with Crippen molar-refractivity contribution in [2.75, 3.05) is 84.2 Å². The van der Waals surface area contributed by atoms with Crippen LogP contribution < -0.4 is 26.6 Å². The molecule has 1 atom stereocenters. The third kappa shape index (κ3) is 14.9. The van der Waals surface area contributed by atoms with Crippen molar-refractivity contribution in [3.8, 4) is 0 Å². The van der Waals surface area contributed by atoms with Crippen LogP contribution >= 0.6 is 34.4 Å². The summed E-state index contributed by atoms with van der Waals surface area (Å²) >= 11 is 4.30. The van der Waals surface area contributed by atoms with Crippen molar-refractivity contribution in [3.05, 3.63) is 45.4 Å². The number of ether oxygens (including phenoxy) is 3. The topological polar surface area (TPSA) is 236 Å². The Morgan fingerprint density at radius 1 is 0.921 bits per heavy atom. The lowest BCUT2D eigenvalue weighted by Gasteiger charge is -2.30. The van der Waals surface area contributed by atoms with E-state index < -0.39 is 11.9 Å². The first kappa shape index (κ1) is 48.2. The summed E-state index contributed by atoms with van der Waals surface area (Å²) in [7, 11) is 0. The van der Waals surface area contributed by atoms with Gasteiger partial charge in [-0.1, -0.05) is 32.1 Å². The predicted octanol–water partition coefficient (Wildman–Crippen LogP) is 2.27. The maximum Gasteiger partial charge on any atom is 0.265 e. The van der Waals surface area contributed by atoms with Crippen LogP contribution in [-0.4, -0.2) is 140 Å². The predicted molar refractivity (Wildman–Crippen MR) is 235 cm³/mol. The average Bonchev–Trinajstić information content (AvgIpc) is 4.06. The number of nitrogens with zero attached hydrogens (tertiary/aromatic N) is 4. The maximum absolute atomic E-state index is 12.9. The number of carbonyl (C=O) groups excluding carboxylic acids is 6. The largest absolute Gasteiger partial charge is 0.444 e. The van der Waals surface area contributed by atoms with E-state index in [4.69, 9.17) is 18.6 Å². The Morgan fingerprint density at radius 3 is 2.35 bits per heavy atom. The number of fused-ring (bicyclic) bond motifs is 1. The highest BCUT2D eigenvalue weighted by Gasteiger charge is 2.40. The molecule has 1 unspecified atom stereocenters. The van der Waals surface area contributed by atoms with E-state index in [0.717, 1.165) is 20.4 Å². The summed E-state index contributed by atoms with van der Waals surface area (Å²) in [6, 6.07) is 1.23. The molecule has 0 aliphatic carbocycles. The maximum atomic E-state index is 12.9. The number of thiophene rings is 1. The second-order valence-electron chi connectivity index (χ2n) is 16.3.